The lowest BCUT2D eigenvalue weighted by molar-refractivity contribution is 0.0950. The van der Waals surface area contributed by atoms with Crippen LogP contribution < -0.4 is 22.1 Å². The first kappa shape index (κ1) is 13.4. The third-order valence-electron chi connectivity index (χ3n) is 3.12. The van der Waals surface area contributed by atoms with Gasteiger partial charge in [0.15, 0.2) is 0 Å². The second kappa shape index (κ2) is 5.71. The van der Waals surface area contributed by atoms with E-state index in [0.717, 1.165) is 12.8 Å². The zero-order chi connectivity index (χ0) is 13.8. The number of hydrogen-bond acceptors (Lipinski definition) is 3. The first-order valence-corrected chi connectivity index (χ1v) is 6.26. The molecule has 1 aliphatic carbocycles. The van der Waals surface area contributed by atoms with E-state index in [4.69, 9.17) is 11.5 Å². The quantitative estimate of drug-likeness (QED) is 0.625. The van der Waals surface area contributed by atoms with Gasteiger partial charge in [-0.1, -0.05) is 6.07 Å². The largest absolute Gasteiger partial charge is 0.351 e. The van der Waals surface area contributed by atoms with Crippen LogP contribution in [-0.4, -0.2) is 24.5 Å². The number of primary amides is 1. The van der Waals surface area contributed by atoms with Crippen LogP contribution in [0.4, 0.5) is 10.5 Å². The number of nitrogens with two attached hydrogens (primary N) is 2. The van der Waals surface area contributed by atoms with Crippen LogP contribution in [0, 0.1) is 5.92 Å². The molecule has 0 bridgehead atoms. The topological polar surface area (TPSA) is 110 Å². The fourth-order valence-corrected chi connectivity index (χ4v) is 1.88. The van der Waals surface area contributed by atoms with Gasteiger partial charge in [0, 0.05) is 23.8 Å². The molecular formula is C13H18N4O2. The van der Waals surface area contributed by atoms with Crippen LogP contribution in [0.3, 0.4) is 0 Å². The molecule has 1 aromatic carbocycles. The number of urea groups is 1. The third-order valence-corrected chi connectivity index (χ3v) is 3.12. The van der Waals surface area contributed by atoms with Crippen molar-refractivity contribution >= 4 is 17.6 Å². The highest BCUT2D eigenvalue weighted by molar-refractivity contribution is 5.96. The molecule has 102 valence electrons. The van der Waals surface area contributed by atoms with Gasteiger partial charge < -0.3 is 22.1 Å². The van der Waals surface area contributed by atoms with Crippen molar-refractivity contribution in [3.63, 3.8) is 0 Å². The Labute approximate surface area is 111 Å². The minimum absolute atomic E-state index is 0.0240. The molecule has 1 unspecified atom stereocenters. The first-order chi connectivity index (χ1) is 9.06. The van der Waals surface area contributed by atoms with Crippen molar-refractivity contribution in [1.82, 2.24) is 5.32 Å². The van der Waals surface area contributed by atoms with Crippen molar-refractivity contribution < 1.29 is 9.59 Å². The van der Waals surface area contributed by atoms with Crippen molar-refractivity contribution in [2.24, 2.45) is 17.4 Å². The number of carbonyl (C=O) groups excluding carboxylic acids is 2. The molecule has 3 amide bonds. The molecule has 1 aromatic rings. The Morgan fingerprint density at radius 1 is 1.37 bits per heavy atom. The number of carbonyl (C=O) groups is 2. The van der Waals surface area contributed by atoms with Crippen LogP contribution in [0.1, 0.15) is 23.2 Å². The van der Waals surface area contributed by atoms with Crippen molar-refractivity contribution in [2.75, 3.05) is 11.9 Å². The summed E-state index contributed by atoms with van der Waals surface area (Å²) in [6.07, 6.45) is 2.30. The lowest BCUT2D eigenvalue weighted by Crippen LogP contribution is -2.38. The smallest absolute Gasteiger partial charge is 0.316 e. The fraction of sp³-hybridized carbons (Fsp3) is 0.385. The number of rotatable bonds is 5. The van der Waals surface area contributed by atoms with Gasteiger partial charge in [0.1, 0.15) is 0 Å². The lowest BCUT2D eigenvalue weighted by atomic mass is 10.1. The van der Waals surface area contributed by atoms with Gasteiger partial charge in [-0.2, -0.15) is 0 Å². The van der Waals surface area contributed by atoms with Gasteiger partial charge in [-0.25, -0.2) is 4.79 Å². The number of benzene rings is 1. The maximum atomic E-state index is 11.9. The Balaban J connectivity index is 1.92. The van der Waals surface area contributed by atoms with Gasteiger partial charge >= 0.3 is 6.03 Å². The van der Waals surface area contributed by atoms with Crippen LogP contribution in [-0.2, 0) is 0 Å². The Morgan fingerprint density at radius 2 is 2.11 bits per heavy atom. The highest BCUT2D eigenvalue weighted by Crippen LogP contribution is 2.31. The molecule has 1 atom stereocenters. The van der Waals surface area contributed by atoms with Gasteiger partial charge in [-0.05, 0) is 37.0 Å². The average molecular weight is 262 g/mol. The van der Waals surface area contributed by atoms with Crippen molar-refractivity contribution in [2.45, 2.75) is 18.9 Å². The fourth-order valence-electron chi connectivity index (χ4n) is 1.88. The summed E-state index contributed by atoms with van der Waals surface area (Å²) in [5, 5.41) is 5.22. The molecule has 1 saturated carbocycles. The van der Waals surface area contributed by atoms with Gasteiger partial charge in [-0.3, -0.25) is 4.79 Å². The van der Waals surface area contributed by atoms with E-state index in [2.05, 4.69) is 10.6 Å². The standard InChI is InChI=1S/C13H18N4O2/c14-11(8-4-5-8)7-16-12(18)9-2-1-3-10(6-9)17-13(15)19/h1-3,6,8,11H,4-5,7,14H2,(H,16,18)(H3,15,17,19). The normalized spacial score (nSPS) is 15.6. The lowest BCUT2D eigenvalue weighted by Gasteiger charge is -2.12. The maximum absolute atomic E-state index is 11.9. The Hall–Kier alpha value is -2.08. The zero-order valence-electron chi connectivity index (χ0n) is 10.6. The molecule has 0 aromatic heterocycles. The SMILES string of the molecule is NC(=O)Nc1cccc(C(=O)NCC(N)C2CC2)c1. The van der Waals surface area contributed by atoms with E-state index >= 15 is 0 Å². The summed E-state index contributed by atoms with van der Waals surface area (Å²) >= 11 is 0. The van der Waals surface area contributed by atoms with E-state index in [1.807, 2.05) is 0 Å². The molecular weight excluding hydrogens is 244 g/mol. The van der Waals surface area contributed by atoms with Crippen LogP contribution >= 0.6 is 0 Å². The summed E-state index contributed by atoms with van der Waals surface area (Å²) in [7, 11) is 0. The molecule has 0 heterocycles. The summed E-state index contributed by atoms with van der Waals surface area (Å²) in [5.74, 6) is 0.340. The van der Waals surface area contributed by atoms with Gasteiger partial charge in [0.2, 0.25) is 0 Å². The molecule has 2 rings (SSSR count). The van der Waals surface area contributed by atoms with E-state index in [-0.39, 0.29) is 11.9 Å². The summed E-state index contributed by atoms with van der Waals surface area (Å²) < 4.78 is 0. The summed E-state index contributed by atoms with van der Waals surface area (Å²) in [6.45, 7) is 0.469. The van der Waals surface area contributed by atoms with Crippen molar-refractivity contribution in [3.8, 4) is 0 Å². The van der Waals surface area contributed by atoms with Crippen LogP contribution in [0.5, 0.6) is 0 Å². The first-order valence-electron chi connectivity index (χ1n) is 6.26. The second-order valence-corrected chi connectivity index (χ2v) is 4.78. The zero-order valence-corrected chi connectivity index (χ0v) is 10.6. The molecule has 6 nitrogen and oxygen atoms in total. The van der Waals surface area contributed by atoms with Gasteiger partial charge in [0.25, 0.3) is 5.91 Å². The molecule has 0 saturated heterocycles. The van der Waals surface area contributed by atoms with Crippen molar-refractivity contribution in [3.05, 3.63) is 29.8 Å². The van der Waals surface area contributed by atoms with Gasteiger partial charge in [0.05, 0.1) is 0 Å². The van der Waals surface area contributed by atoms with Crippen LogP contribution in [0.2, 0.25) is 0 Å². The third kappa shape index (κ3) is 3.96. The van der Waals surface area contributed by atoms with E-state index in [9.17, 15) is 9.59 Å². The molecule has 1 aliphatic rings. The predicted octanol–water partition coefficient (Wildman–Crippen LogP) is 0.644. The molecule has 0 aliphatic heterocycles. The number of anilines is 1. The Morgan fingerprint density at radius 3 is 2.74 bits per heavy atom. The second-order valence-electron chi connectivity index (χ2n) is 4.78. The number of nitrogens with one attached hydrogen (secondary N) is 2. The van der Waals surface area contributed by atoms with E-state index in [0.29, 0.717) is 23.7 Å². The summed E-state index contributed by atoms with van der Waals surface area (Å²) in [4.78, 5) is 22.7. The summed E-state index contributed by atoms with van der Waals surface area (Å²) in [6, 6.07) is 5.95. The van der Waals surface area contributed by atoms with E-state index in [1.54, 1.807) is 24.3 Å². The van der Waals surface area contributed by atoms with Crippen LogP contribution in [0.25, 0.3) is 0 Å². The molecule has 19 heavy (non-hydrogen) atoms. The Bertz CT molecular complexity index is 485. The Kier molecular flexibility index (Phi) is 4.01. The highest BCUT2D eigenvalue weighted by Gasteiger charge is 2.28. The number of amides is 3. The van der Waals surface area contributed by atoms with Gasteiger partial charge in [-0.15, -0.1) is 0 Å². The van der Waals surface area contributed by atoms with Crippen molar-refractivity contribution in [1.29, 1.82) is 0 Å². The van der Waals surface area contributed by atoms with E-state index < -0.39 is 6.03 Å². The van der Waals surface area contributed by atoms with Crippen LogP contribution in [0.15, 0.2) is 24.3 Å². The molecule has 1 fully saturated rings. The monoisotopic (exact) mass is 262 g/mol. The highest BCUT2D eigenvalue weighted by atomic mass is 16.2. The minimum Gasteiger partial charge on any atom is -0.351 e. The molecule has 0 radical (unpaired) electrons. The average Bonchev–Trinajstić information content (AvgIpc) is 3.19. The molecule has 6 heteroatoms. The molecule has 6 N–H and O–H groups in total. The molecule has 0 spiro atoms. The maximum Gasteiger partial charge on any atom is 0.316 e. The number of hydrogen-bond donors (Lipinski definition) is 4. The van der Waals surface area contributed by atoms with E-state index in [1.165, 1.54) is 0 Å². The minimum atomic E-state index is -0.659. The predicted molar refractivity (Wildman–Crippen MR) is 72.7 cm³/mol. The summed E-state index contributed by atoms with van der Waals surface area (Å²) in [5.41, 5.74) is 11.9.